The molecule has 1 spiro atoms. The summed E-state index contributed by atoms with van der Waals surface area (Å²) in [4.78, 5) is 24.1. The predicted molar refractivity (Wildman–Crippen MR) is 97.1 cm³/mol. The van der Waals surface area contributed by atoms with Gasteiger partial charge in [-0.05, 0) is 86.0 Å². The van der Waals surface area contributed by atoms with Gasteiger partial charge in [-0.3, -0.25) is 9.59 Å². The maximum Gasteiger partial charge on any atom is 0.306 e. The van der Waals surface area contributed by atoms with Crippen molar-refractivity contribution in [1.82, 2.24) is 0 Å². The second kappa shape index (κ2) is 4.64. The fraction of sp³-hybridized carbons (Fsp3) is 0.826. The van der Waals surface area contributed by atoms with E-state index in [2.05, 4.69) is 13.8 Å². The molecule has 5 aliphatic carbocycles. The second-order valence-corrected chi connectivity index (χ2v) is 10.7. The highest BCUT2D eigenvalue weighted by Crippen LogP contribution is 2.75. The lowest BCUT2D eigenvalue weighted by atomic mass is 9.46. The van der Waals surface area contributed by atoms with Crippen molar-refractivity contribution in [2.75, 3.05) is 0 Å². The van der Waals surface area contributed by atoms with Crippen LogP contribution in [0.5, 0.6) is 0 Å². The lowest BCUT2D eigenvalue weighted by molar-refractivity contribution is -0.168. The van der Waals surface area contributed by atoms with Crippen LogP contribution in [0.4, 0.5) is 0 Å². The highest BCUT2D eigenvalue weighted by Gasteiger charge is 2.71. The number of rotatable bonds is 0. The first-order valence-electron chi connectivity index (χ1n) is 10.8. The predicted octanol–water partition coefficient (Wildman–Crippen LogP) is 4.45. The molecule has 0 aromatic carbocycles. The van der Waals surface area contributed by atoms with Crippen molar-refractivity contribution in [1.29, 1.82) is 0 Å². The van der Waals surface area contributed by atoms with Crippen molar-refractivity contribution in [2.45, 2.75) is 77.2 Å². The summed E-state index contributed by atoms with van der Waals surface area (Å²) in [5, 5.41) is 0. The molecule has 0 radical (unpaired) electrons. The van der Waals surface area contributed by atoms with Crippen molar-refractivity contribution < 1.29 is 14.3 Å². The summed E-state index contributed by atoms with van der Waals surface area (Å²) < 4.78 is 6.06. The largest absolute Gasteiger partial charge is 0.458 e. The lowest BCUT2D eigenvalue weighted by Gasteiger charge is -2.59. The van der Waals surface area contributed by atoms with Gasteiger partial charge in [0.05, 0.1) is 0 Å². The Labute approximate surface area is 155 Å². The van der Waals surface area contributed by atoms with Crippen molar-refractivity contribution in [3.63, 3.8) is 0 Å². The Hall–Kier alpha value is -1.12. The van der Waals surface area contributed by atoms with Gasteiger partial charge in [0, 0.05) is 18.3 Å². The fourth-order valence-corrected chi connectivity index (χ4v) is 8.70. The third-order valence-corrected chi connectivity index (χ3v) is 10.1. The number of carbonyl (C=O) groups excluding carboxylic acids is 2. The molecule has 26 heavy (non-hydrogen) atoms. The Bertz CT molecular complexity index is 753. The van der Waals surface area contributed by atoms with Crippen LogP contribution in [0, 0.1) is 40.4 Å². The summed E-state index contributed by atoms with van der Waals surface area (Å²) in [5.41, 5.74) is 1.78. The molecule has 5 fully saturated rings. The molecule has 4 saturated carbocycles. The van der Waals surface area contributed by atoms with E-state index in [-0.39, 0.29) is 22.4 Å². The number of hydrogen-bond acceptors (Lipinski definition) is 3. The molecule has 0 bridgehead atoms. The number of esters is 1. The monoisotopic (exact) mass is 354 g/mol. The molecule has 0 N–H and O–H groups in total. The standard InChI is InChI=1S/C23H30O3/c1-21-7-3-13(24)11-18(21)14-12-15(14)20-16(21)4-8-22(2)17(20)5-9-23(22)10-6-19(25)26-23/h11,14-17,20H,3-10,12H2,1-2H3/t14-,15+,16+,17+,20-,21-,22+,23-/m1/s1. The van der Waals surface area contributed by atoms with Gasteiger partial charge in [-0.1, -0.05) is 19.4 Å². The van der Waals surface area contributed by atoms with E-state index in [1.807, 2.05) is 6.08 Å². The van der Waals surface area contributed by atoms with Crippen LogP contribution in [0.15, 0.2) is 11.6 Å². The SMILES string of the molecule is C[C@]12CCC(=O)C=C1[C@@H]1C[C@@H]1[C@@H]1[C@@H]2CC[C@@]2(C)[C@H]1CC[C@@]21CCC(=O)O1. The molecule has 8 atom stereocenters. The maximum absolute atomic E-state index is 12.1. The molecule has 1 saturated heterocycles. The Morgan fingerprint density at radius 2 is 1.81 bits per heavy atom. The number of hydrogen-bond donors (Lipinski definition) is 0. The third-order valence-electron chi connectivity index (χ3n) is 10.1. The Balaban J connectivity index is 1.40. The average molecular weight is 354 g/mol. The lowest BCUT2D eigenvalue weighted by Crippen LogP contribution is -2.55. The summed E-state index contributed by atoms with van der Waals surface area (Å²) in [6, 6.07) is 0. The second-order valence-electron chi connectivity index (χ2n) is 10.7. The fourth-order valence-electron chi connectivity index (χ4n) is 8.70. The molecule has 0 aromatic rings. The van der Waals surface area contributed by atoms with E-state index in [9.17, 15) is 9.59 Å². The van der Waals surface area contributed by atoms with E-state index in [1.54, 1.807) is 0 Å². The van der Waals surface area contributed by atoms with Crippen LogP contribution >= 0.6 is 0 Å². The van der Waals surface area contributed by atoms with Crippen LogP contribution in [-0.2, 0) is 14.3 Å². The number of ketones is 1. The van der Waals surface area contributed by atoms with Gasteiger partial charge < -0.3 is 4.74 Å². The van der Waals surface area contributed by atoms with E-state index < -0.39 is 0 Å². The van der Waals surface area contributed by atoms with Crippen molar-refractivity contribution in [2.24, 2.45) is 40.4 Å². The number of fused-ring (bicyclic) bond motifs is 9. The van der Waals surface area contributed by atoms with E-state index in [0.29, 0.717) is 24.0 Å². The molecule has 0 unspecified atom stereocenters. The Morgan fingerprint density at radius 1 is 1.00 bits per heavy atom. The molecule has 0 amide bonds. The van der Waals surface area contributed by atoms with E-state index in [0.717, 1.165) is 43.4 Å². The van der Waals surface area contributed by atoms with Gasteiger partial charge in [0.2, 0.25) is 0 Å². The number of ether oxygens (including phenoxy) is 1. The quantitative estimate of drug-likeness (QED) is 0.604. The topological polar surface area (TPSA) is 43.4 Å². The molecule has 3 nitrogen and oxygen atoms in total. The number of allylic oxidation sites excluding steroid dienone is 1. The zero-order valence-corrected chi connectivity index (χ0v) is 16.1. The Morgan fingerprint density at radius 3 is 2.58 bits per heavy atom. The van der Waals surface area contributed by atoms with Gasteiger partial charge >= 0.3 is 5.97 Å². The van der Waals surface area contributed by atoms with Gasteiger partial charge in [-0.25, -0.2) is 0 Å². The summed E-state index contributed by atoms with van der Waals surface area (Å²) in [6.07, 6.45) is 11.5. The first-order chi connectivity index (χ1) is 12.4. The van der Waals surface area contributed by atoms with Crippen molar-refractivity contribution in [3.05, 3.63) is 11.6 Å². The minimum atomic E-state index is -0.163. The summed E-state index contributed by atoms with van der Waals surface area (Å²) in [5.74, 6) is 4.09. The molecular formula is C23H30O3. The van der Waals surface area contributed by atoms with Gasteiger partial charge in [0.25, 0.3) is 0 Å². The number of carbonyl (C=O) groups is 2. The van der Waals surface area contributed by atoms with Crippen LogP contribution in [-0.4, -0.2) is 17.4 Å². The zero-order chi connectivity index (χ0) is 17.9. The van der Waals surface area contributed by atoms with Crippen LogP contribution in [0.1, 0.15) is 71.6 Å². The minimum absolute atomic E-state index is 0.0323. The van der Waals surface area contributed by atoms with Crippen molar-refractivity contribution >= 4 is 11.8 Å². The highest BCUT2D eigenvalue weighted by molar-refractivity contribution is 5.92. The van der Waals surface area contributed by atoms with E-state index in [4.69, 9.17) is 4.74 Å². The molecular weight excluding hydrogens is 324 g/mol. The van der Waals surface area contributed by atoms with Crippen molar-refractivity contribution in [3.8, 4) is 0 Å². The molecule has 6 aliphatic rings. The molecule has 6 rings (SSSR count). The molecule has 0 aromatic heterocycles. The summed E-state index contributed by atoms with van der Waals surface area (Å²) in [6.45, 7) is 4.93. The van der Waals surface area contributed by atoms with Gasteiger partial charge in [0.15, 0.2) is 5.78 Å². The van der Waals surface area contributed by atoms with E-state index in [1.165, 1.54) is 31.3 Å². The highest BCUT2D eigenvalue weighted by atomic mass is 16.6. The first kappa shape index (κ1) is 15.9. The summed E-state index contributed by atoms with van der Waals surface area (Å²) >= 11 is 0. The molecule has 3 heteroatoms. The van der Waals surface area contributed by atoms with Gasteiger partial charge in [-0.2, -0.15) is 0 Å². The van der Waals surface area contributed by atoms with Crippen LogP contribution in [0.25, 0.3) is 0 Å². The maximum atomic E-state index is 12.1. The summed E-state index contributed by atoms with van der Waals surface area (Å²) in [7, 11) is 0. The normalized spacial score (nSPS) is 57.0. The van der Waals surface area contributed by atoms with Gasteiger partial charge in [0.1, 0.15) is 5.60 Å². The van der Waals surface area contributed by atoms with E-state index >= 15 is 0 Å². The smallest absolute Gasteiger partial charge is 0.306 e. The van der Waals surface area contributed by atoms with Gasteiger partial charge in [-0.15, -0.1) is 0 Å². The zero-order valence-electron chi connectivity index (χ0n) is 16.1. The molecule has 140 valence electrons. The van der Waals surface area contributed by atoms with Crippen LogP contribution < -0.4 is 0 Å². The Kier molecular flexibility index (Phi) is 2.84. The first-order valence-corrected chi connectivity index (χ1v) is 10.8. The van der Waals surface area contributed by atoms with Crippen LogP contribution in [0.3, 0.4) is 0 Å². The molecule has 1 heterocycles. The third kappa shape index (κ3) is 1.67. The average Bonchev–Trinajstić information content (AvgIpc) is 3.23. The minimum Gasteiger partial charge on any atom is -0.458 e. The van der Waals surface area contributed by atoms with Crippen LogP contribution in [0.2, 0.25) is 0 Å². The molecule has 1 aliphatic heterocycles.